The molecule has 0 atom stereocenters. The molecule has 2 aromatic carbocycles. The van der Waals surface area contributed by atoms with E-state index in [0.717, 1.165) is 26.9 Å². The number of aryl methyl sites for hydroxylation is 2. The van der Waals surface area contributed by atoms with Crippen molar-refractivity contribution in [2.24, 2.45) is 0 Å². The second-order valence-electron chi connectivity index (χ2n) is 5.09. The van der Waals surface area contributed by atoms with Gasteiger partial charge in [0.2, 0.25) is 0 Å². The third-order valence-electron chi connectivity index (χ3n) is 3.36. The molecule has 0 heterocycles. The lowest BCUT2D eigenvalue weighted by atomic mass is 10.0. The highest BCUT2D eigenvalue weighted by Crippen LogP contribution is 2.27. The third kappa shape index (κ3) is 3.94. The summed E-state index contributed by atoms with van der Waals surface area (Å²) in [5.41, 5.74) is 3.82. The molecule has 0 saturated heterocycles. The van der Waals surface area contributed by atoms with E-state index in [2.05, 4.69) is 27.8 Å². The largest absolute Gasteiger partial charge is 0.495 e. The Labute approximate surface area is 144 Å². The third-order valence-corrected chi connectivity index (χ3v) is 3.81. The quantitative estimate of drug-likeness (QED) is 0.583. The maximum absolute atomic E-state index is 11.9. The molecule has 0 aliphatic carbocycles. The predicted molar refractivity (Wildman–Crippen MR) is 93.9 cm³/mol. The molecule has 0 aliphatic heterocycles. The van der Waals surface area contributed by atoms with Crippen molar-refractivity contribution in [1.29, 1.82) is 0 Å². The van der Waals surface area contributed by atoms with Gasteiger partial charge in [0.05, 0.1) is 25.3 Å². The van der Waals surface area contributed by atoms with Gasteiger partial charge in [0.15, 0.2) is 0 Å². The van der Waals surface area contributed by atoms with Crippen molar-refractivity contribution in [3.63, 3.8) is 0 Å². The van der Waals surface area contributed by atoms with Crippen molar-refractivity contribution < 1.29 is 14.3 Å². The topological polar surface area (TPSA) is 35.5 Å². The van der Waals surface area contributed by atoms with Gasteiger partial charge in [-0.15, -0.1) is 0 Å². The first-order chi connectivity index (χ1) is 11.0. The van der Waals surface area contributed by atoms with E-state index in [0.29, 0.717) is 11.1 Å². The Bertz CT molecular complexity index is 813. The average Bonchev–Trinajstić information content (AvgIpc) is 2.52. The van der Waals surface area contributed by atoms with Crippen LogP contribution in [0, 0.1) is 25.7 Å². The van der Waals surface area contributed by atoms with E-state index in [4.69, 9.17) is 9.47 Å². The number of ether oxygens (including phenoxy) is 2. The number of esters is 1. The zero-order valence-corrected chi connectivity index (χ0v) is 15.1. The van der Waals surface area contributed by atoms with Gasteiger partial charge in [-0.05, 0) is 43.7 Å². The van der Waals surface area contributed by atoms with Crippen LogP contribution in [0.2, 0.25) is 0 Å². The highest BCUT2D eigenvalue weighted by Gasteiger charge is 2.11. The Kier molecular flexibility index (Phi) is 5.46. The van der Waals surface area contributed by atoms with Gasteiger partial charge in [0, 0.05) is 10.0 Å². The molecular formula is C19H17BrO3. The van der Waals surface area contributed by atoms with Crippen molar-refractivity contribution in [3.05, 3.63) is 62.6 Å². The fourth-order valence-electron chi connectivity index (χ4n) is 2.27. The fraction of sp³-hybridized carbons (Fsp3) is 0.211. The number of hydrogen-bond donors (Lipinski definition) is 0. The summed E-state index contributed by atoms with van der Waals surface area (Å²) in [7, 11) is 2.98. The summed E-state index contributed by atoms with van der Waals surface area (Å²) in [6.07, 6.45) is 0. The summed E-state index contributed by atoms with van der Waals surface area (Å²) in [5, 5.41) is 0. The van der Waals surface area contributed by atoms with Gasteiger partial charge >= 0.3 is 5.97 Å². The minimum Gasteiger partial charge on any atom is -0.495 e. The van der Waals surface area contributed by atoms with Crippen LogP contribution in [-0.2, 0) is 4.74 Å². The van der Waals surface area contributed by atoms with E-state index >= 15 is 0 Å². The average molecular weight is 373 g/mol. The van der Waals surface area contributed by atoms with Crippen molar-refractivity contribution in [1.82, 2.24) is 0 Å². The summed E-state index contributed by atoms with van der Waals surface area (Å²) in [4.78, 5) is 11.9. The molecule has 0 N–H and O–H groups in total. The van der Waals surface area contributed by atoms with Crippen molar-refractivity contribution >= 4 is 21.9 Å². The first-order valence-corrected chi connectivity index (χ1v) is 7.80. The summed E-state index contributed by atoms with van der Waals surface area (Å²) < 4.78 is 11.2. The van der Waals surface area contributed by atoms with Crippen LogP contribution in [0.4, 0.5) is 0 Å². The molecule has 0 saturated carbocycles. The predicted octanol–water partition coefficient (Wildman–Crippen LogP) is 4.26. The molecule has 23 heavy (non-hydrogen) atoms. The summed E-state index contributed by atoms with van der Waals surface area (Å²) in [5.74, 6) is 6.47. The highest BCUT2D eigenvalue weighted by molar-refractivity contribution is 9.10. The van der Waals surface area contributed by atoms with Crippen molar-refractivity contribution in [2.45, 2.75) is 13.8 Å². The van der Waals surface area contributed by atoms with Gasteiger partial charge in [0.25, 0.3) is 0 Å². The molecule has 0 radical (unpaired) electrons. The summed E-state index contributed by atoms with van der Waals surface area (Å²) in [6, 6.07) is 9.38. The lowest BCUT2D eigenvalue weighted by Gasteiger charge is -2.08. The molecule has 118 valence electrons. The second kappa shape index (κ2) is 7.34. The SMILES string of the molecule is COC(=O)c1cc(C)ccc1C#Cc1cc(Br)cc(C)c1OC. The van der Waals surface area contributed by atoms with Crippen LogP contribution in [0.3, 0.4) is 0 Å². The molecule has 0 bridgehead atoms. The molecule has 2 aromatic rings. The van der Waals surface area contributed by atoms with Gasteiger partial charge in [-0.25, -0.2) is 4.79 Å². The van der Waals surface area contributed by atoms with Gasteiger partial charge in [-0.2, -0.15) is 0 Å². The minimum atomic E-state index is -0.393. The molecule has 4 heteroatoms. The van der Waals surface area contributed by atoms with E-state index in [1.165, 1.54) is 7.11 Å². The molecule has 0 aliphatic rings. The van der Waals surface area contributed by atoms with Crippen molar-refractivity contribution in [2.75, 3.05) is 14.2 Å². The van der Waals surface area contributed by atoms with E-state index < -0.39 is 5.97 Å². The molecule has 0 unspecified atom stereocenters. The lowest BCUT2D eigenvalue weighted by molar-refractivity contribution is 0.0600. The van der Waals surface area contributed by atoms with E-state index in [-0.39, 0.29) is 0 Å². The van der Waals surface area contributed by atoms with Crippen molar-refractivity contribution in [3.8, 4) is 17.6 Å². The van der Waals surface area contributed by atoms with Crippen LogP contribution in [0.1, 0.15) is 32.6 Å². The molecule has 0 aromatic heterocycles. The van der Waals surface area contributed by atoms with Crippen LogP contribution >= 0.6 is 15.9 Å². The van der Waals surface area contributed by atoms with Crippen LogP contribution in [0.15, 0.2) is 34.8 Å². The minimum absolute atomic E-state index is 0.393. The van der Waals surface area contributed by atoms with Crippen LogP contribution in [-0.4, -0.2) is 20.2 Å². The smallest absolute Gasteiger partial charge is 0.339 e. The number of carbonyl (C=O) groups excluding carboxylic acids is 1. The Morgan fingerprint density at radius 2 is 1.74 bits per heavy atom. The number of rotatable bonds is 2. The number of carbonyl (C=O) groups is 1. The molecule has 0 fully saturated rings. The van der Waals surface area contributed by atoms with Crippen LogP contribution in [0.5, 0.6) is 5.75 Å². The number of benzene rings is 2. The van der Waals surface area contributed by atoms with Gasteiger partial charge in [-0.3, -0.25) is 0 Å². The standard InChI is InChI=1S/C19H17BrO3/c1-12-5-6-14(17(9-12)19(21)23-4)7-8-15-11-16(20)10-13(2)18(15)22-3/h5-6,9-11H,1-4H3. The van der Waals surface area contributed by atoms with Gasteiger partial charge in [-0.1, -0.05) is 39.4 Å². The van der Waals surface area contributed by atoms with Crippen LogP contribution < -0.4 is 4.74 Å². The highest BCUT2D eigenvalue weighted by atomic mass is 79.9. The Hall–Kier alpha value is -2.25. The molecule has 0 amide bonds. The zero-order valence-electron chi connectivity index (χ0n) is 13.5. The molecule has 0 spiro atoms. The maximum atomic E-state index is 11.9. The molecule has 3 nitrogen and oxygen atoms in total. The van der Waals surface area contributed by atoms with E-state index in [1.54, 1.807) is 13.2 Å². The Morgan fingerprint density at radius 1 is 1.04 bits per heavy atom. The number of hydrogen-bond acceptors (Lipinski definition) is 3. The van der Waals surface area contributed by atoms with E-state index in [1.807, 2.05) is 38.1 Å². The zero-order chi connectivity index (χ0) is 17.0. The Balaban J connectivity index is 2.54. The monoisotopic (exact) mass is 372 g/mol. The number of methoxy groups -OCH3 is 2. The first kappa shape index (κ1) is 17.1. The van der Waals surface area contributed by atoms with E-state index in [9.17, 15) is 4.79 Å². The Morgan fingerprint density at radius 3 is 2.39 bits per heavy atom. The normalized spacial score (nSPS) is 9.78. The molecule has 2 rings (SSSR count). The second-order valence-corrected chi connectivity index (χ2v) is 6.01. The van der Waals surface area contributed by atoms with Gasteiger partial charge in [0.1, 0.15) is 5.75 Å². The summed E-state index contributed by atoms with van der Waals surface area (Å²) in [6.45, 7) is 3.88. The maximum Gasteiger partial charge on any atom is 0.339 e. The molecular weight excluding hydrogens is 356 g/mol. The van der Waals surface area contributed by atoms with Crippen LogP contribution in [0.25, 0.3) is 0 Å². The summed E-state index contributed by atoms with van der Waals surface area (Å²) >= 11 is 3.46. The first-order valence-electron chi connectivity index (χ1n) is 7.01. The fourth-order valence-corrected chi connectivity index (χ4v) is 2.85. The number of halogens is 1. The lowest BCUT2D eigenvalue weighted by Crippen LogP contribution is -2.04. The van der Waals surface area contributed by atoms with Gasteiger partial charge < -0.3 is 9.47 Å².